The van der Waals surface area contributed by atoms with Gasteiger partial charge in [0.2, 0.25) is 5.91 Å². The van der Waals surface area contributed by atoms with E-state index in [1.54, 1.807) is 0 Å². The van der Waals surface area contributed by atoms with E-state index in [0.717, 1.165) is 11.1 Å². The third-order valence-corrected chi connectivity index (χ3v) is 5.18. The zero-order chi connectivity index (χ0) is 17.0. The van der Waals surface area contributed by atoms with Gasteiger partial charge in [-0.25, -0.2) is 0 Å². The molecule has 1 heterocycles. The second-order valence-electron chi connectivity index (χ2n) is 6.69. The zero-order valence-electron chi connectivity index (χ0n) is 14.2. The minimum Gasteiger partial charge on any atom is -0.389 e. The topological polar surface area (TPSA) is 40.5 Å². The van der Waals surface area contributed by atoms with Crippen LogP contribution in [0, 0.1) is 5.92 Å². The van der Waals surface area contributed by atoms with Gasteiger partial charge in [0.05, 0.1) is 11.5 Å². The molecule has 0 spiro atoms. The molecule has 0 bridgehead atoms. The van der Waals surface area contributed by atoms with E-state index in [1.807, 2.05) is 72.5 Å². The van der Waals surface area contributed by atoms with Crippen molar-refractivity contribution in [3.05, 3.63) is 71.8 Å². The Kier molecular flexibility index (Phi) is 5.00. The maximum Gasteiger partial charge on any atom is 0.229 e. The fourth-order valence-electron chi connectivity index (χ4n) is 3.57. The molecule has 0 aliphatic carbocycles. The number of carbonyl (C=O) groups excluding carboxylic acids is 1. The summed E-state index contributed by atoms with van der Waals surface area (Å²) in [5.41, 5.74) is 1.33. The highest BCUT2D eigenvalue weighted by Gasteiger charge is 2.45. The van der Waals surface area contributed by atoms with Gasteiger partial charge in [0.1, 0.15) is 0 Å². The van der Waals surface area contributed by atoms with E-state index >= 15 is 0 Å². The largest absolute Gasteiger partial charge is 0.389 e. The van der Waals surface area contributed by atoms with Crippen LogP contribution < -0.4 is 0 Å². The van der Waals surface area contributed by atoms with Crippen LogP contribution in [-0.4, -0.2) is 28.1 Å². The van der Waals surface area contributed by atoms with Crippen molar-refractivity contribution in [3.8, 4) is 0 Å². The van der Waals surface area contributed by atoms with Gasteiger partial charge in [0.15, 0.2) is 0 Å². The summed E-state index contributed by atoms with van der Waals surface area (Å²) in [6, 6.07) is 20.0. The van der Waals surface area contributed by atoms with Crippen LogP contribution in [0.25, 0.3) is 0 Å². The second kappa shape index (κ2) is 7.18. The number of nitrogens with zero attached hydrogens (tertiary/aromatic N) is 1. The number of likely N-dealkylation sites (tertiary alicyclic amines) is 1. The standard InChI is InChI=1S/C21H25NO2/c1-2-21(24)13-14-22(16-18-11-7-4-8-12-18)20(23)19(21)15-17-9-5-3-6-10-17/h3-12,19,24H,2,13-16H2,1H3/t19-,21+/m0/s1. The molecule has 0 aromatic heterocycles. The number of aliphatic hydroxyl groups is 1. The molecule has 24 heavy (non-hydrogen) atoms. The highest BCUT2D eigenvalue weighted by atomic mass is 16.3. The van der Waals surface area contributed by atoms with Crippen LogP contribution in [0.2, 0.25) is 0 Å². The van der Waals surface area contributed by atoms with Gasteiger partial charge in [-0.15, -0.1) is 0 Å². The van der Waals surface area contributed by atoms with Crippen molar-refractivity contribution in [2.24, 2.45) is 5.92 Å². The summed E-state index contributed by atoms with van der Waals surface area (Å²) in [4.78, 5) is 15.0. The van der Waals surface area contributed by atoms with Gasteiger partial charge < -0.3 is 10.0 Å². The van der Waals surface area contributed by atoms with E-state index < -0.39 is 5.60 Å². The molecular weight excluding hydrogens is 298 g/mol. The van der Waals surface area contributed by atoms with E-state index in [9.17, 15) is 9.90 Å². The first-order chi connectivity index (χ1) is 11.6. The molecule has 1 aliphatic heterocycles. The molecule has 1 aliphatic rings. The average Bonchev–Trinajstić information content (AvgIpc) is 2.63. The summed E-state index contributed by atoms with van der Waals surface area (Å²) < 4.78 is 0. The maximum atomic E-state index is 13.1. The van der Waals surface area contributed by atoms with Crippen molar-refractivity contribution in [2.75, 3.05) is 6.54 Å². The lowest BCUT2D eigenvalue weighted by Gasteiger charge is -2.43. The zero-order valence-corrected chi connectivity index (χ0v) is 14.2. The number of rotatable bonds is 5. The molecule has 1 saturated heterocycles. The summed E-state index contributed by atoms with van der Waals surface area (Å²) in [5.74, 6) is -0.305. The van der Waals surface area contributed by atoms with Crippen LogP contribution in [0.15, 0.2) is 60.7 Å². The Hall–Kier alpha value is -2.13. The first kappa shape index (κ1) is 16.7. The van der Waals surface area contributed by atoms with Gasteiger partial charge in [-0.2, -0.15) is 0 Å². The molecule has 2 aromatic carbocycles. The van der Waals surface area contributed by atoms with Crippen LogP contribution in [-0.2, 0) is 17.8 Å². The normalized spacial score (nSPS) is 24.2. The van der Waals surface area contributed by atoms with E-state index in [4.69, 9.17) is 0 Å². The lowest BCUT2D eigenvalue weighted by Crippen LogP contribution is -2.55. The Morgan fingerprint density at radius 2 is 1.62 bits per heavy atom. The fraction of sp³-hybridized carbons (Fsp3) is 0.381. The first-order valence-corrected chi connectivity index (χ1v) is 8.71. The minimum absolute atomic E-state index is 0.0679. The van der Waals surface area contributed by atoms with Crippen LogP contribution in [0.5, 0.6) is 0 Å². The van der Waals surface area contributed by atoms with Crippen molar-refractivity contribution < 1.29 is 9.90 Å². The maximum absolute atomic E-state index is 13.1. The fourth-order valence-corrected chi connectivity index (χ4v) is 3.57. The summed E-state index contributed by atoms with van der Waals surface area (Å²) in [7, 11) is 0. The Labute approximate surface area is 143 Å². The predicted molar refractivity (Wildman–Crippen MR) is 95.4 cm³/mol. The second-order valence-corrected chi connectivity index (χ2v) is 6.69. The average molecular weight is 323 g/mol. The van der Waals surface area contributed by atoms with Crippen molar-refractivity contribution in [2.45, 2.75) is 38.3 Å². The predicted octanol–water partition coefficient (Wildman–Crippen LogP) is 3.42. The summed E-state index contributed by atoms with van der Waals surface area (Å²) >= 11 is 0. The third-order valence-electron chi connectivity index (χ3n) is 5.18. The summed E-state index contributed by atoms with van der Waals surface area (Å²) in [5, 5.41) is 11.0. The quantitative estimate of drug-likeness (QED) is 0.916. The Bertz CT molecular complexity index is 671. The SMILES string of the molecule is CC[C@@]1(O)CCN(Cc2ccccc2)C(=O)[C@@H]1Cc1ccccc1. The molecule has 0 saturated carbocycles. The summed E-state index contributed by atoms with van der Waals surface area (Å²) in [6.45, 7) is 3.20. The van der Waals surface area contributed by atoms with Gasteiger partial charge in [0, 0.05) is 13.1 Å². The highest BCUT2D eigenvalue weighted by Crippen LogP contribution is 2.35. The number of amides is 1. The van der Waals surface area contributed by atoms with Gasteiger partial charge in [-0.05, 0) is 30.4 Å². The van der Waals surface area contributed by atoms with E-state index in [2.05, 4.69) is 0 Å². The molecule has 2 aromatic rings. The van der Waals surface area contributed by atoms with Gasteiger partial charge in [-0.3, -0.25) is 4.79 Å². The van der Waals surface area contributed by atoms with Crippen LogP contribution in [0.3, 0.4) is 0 Å². The highest BCUT2D eigenvalue weighted by molar-refractivity contribution is 5.81. The van der Waals surface area contributed by atoms with Crippen LogP contribution in [0.4, 0.5) is 0 Å². The van der Waals surface area contributed by atoms with Gasteiger partial charge in [0.25, 0.3) is 0 Å². The number of piperidine rings is 1. The van der Waals surface area contributed by atoms with E-state index in [-0.39, 0.29) is 11.8 Å². The molecule has 3 nitrogen and oxygen atoms in total. The van der Waals surface area contributed by atoms with Crippen molar-refractivity contribution in [1.29, 1.82) is 0 Å². The molecule has 126 valence electrons. The third kappa shape index (κ3) is 3.51. The monoisotopic (exact) mass is 323 g/mol. The first-order valence-electron chi connectivity index (χ1n) is 8.71. The van der Waals surface area contributed by atoms with Crippen molar-refractivity contribution in [1.82, 2.24) is 4.90 Å². The smallest absolute Gasteiger partial charge is 0.229 e. The van der Waals surface area contributed by atoms with Crippen LogP contribution in [0.1, 0.15) is 30.9 Å². The number of hydrogen-bond donors (Lipinski definition) is 1. The molecule has 1 N–H and O–H groups in total. The molecule has 0 radical (unpaired) electrons. The molecule has 3 rings (SSSR count). The lowest BCUT2D eigenvalue weighted by atomic mass is 9.75. The van der Waals surface area contributed by atoms with E-state index in [1.165, 1.54) is 0 Å². The van der Waals surface area contributed by atoms with Crippen molar-refractivity contribution >= 4 is 5.91 Å². The number of hydrogen-bond acceptors (Lipinski definition) is 2. The molecular formula is C21H25NO2. The van der Waals surface area contributed by atoms with Crippen LogP contribution >= 0.6 is 0 Å². The number of carbonyl (C=O) groups is 1. The van der Waals surface area contributed by atoms with Gasteiger partial charge >= 0.3 is 0 Å². The van der Waals surface area contributed by atoms with Crippen molar-refractivity contribution in [3.63, 3.8) is 0 Å². The van der Waals surface area contributed by atoms with Gasteiger partial charge in [-0.1, -0.05) is 67.6 Å². The molecule has 1 fully saturated rings. The number of benzene rings is 2. The molecule has 3 heteroatoms. The summed E-state index contributed by atoms with van der Waals surface area (Å²) in [6.07, 6.45) is 1.84. The minimum atomic E-state index is -0.903. The van der Waals surface area contributed by atoms with E-state index in [0.29, 0.717) is 32.4 Å². The molecule has 1 amide bonds. The Morgan fingerprint density at radius 3 is 2.21 bits per heavy atom. The lowest BCUT2D eigenvalue weighted by molar-refractivity contribution is -0.156. The Morgan fingerprint density at radius 1 is 1.04 bits per heavy atom. The molecule has 2 atom stereocenters. The molecule has 0 unspecified atom stereocenters. The Balaban J connectivity index is 1.80.